The van der Waals surface area contributed by atoms with Gasteiger partial charge < -0.3 is 23.9 Å². The summed E-state index contributed by atoms with van der Waals surface area (Å²) in [6.07, 6.45) is 0.841. The summed E-state index contributed by atoms with van der Waals surface area (Å²) in [5.41, 5.74) is 1.93. The third kappa shape index (κ3) is 4.57. The smallest absolute Gasteiger partial charge is 0.251 e. The molecule has 0 aliphatic heterocycles. The molecular formula is C20H23N3O4. The van der Waals surface area contributed by atoms with E-state index >= 15 is 0 Å². The van der Waals surface area contributed by atoms with Crippen molar-refractivity contribution in [3.63, 3.8) is 0 Å². The van der Waals surface area contributed by atoms with E-state index in [0.717, 1.165) is 35.6 Å². The number of nitrogens with one attached hydrogen (secondary N) is 1. The molecule has 0 amide bonds. The van der Waals surface area contributed by atoms with Crippen LogP contribution >= 0.6 is 0 Å². The normalized spacial score (nSPS) is 10.6. The Kier molecular flexibility index (Phi) is 6.27. The molecule has 3 rings (SSSR count). The van der Waals surface area contributed by atoms with Gasteiger partial charge in [-0.1, -0.05) is 18.2 Å². The van der Waals surface area contributed by atoms with Crippen LogP contribution in [0.1, 0.15) is 11.5 Å². The number of methoxy groups -OCH3 is 3. The lowest BCUT2D eigenvalue weighted by Gasteiger charge is -2.09. The van der Waals surface area contributed by atoms with Crippen LogP contribution < -0.4 is 19.5 Å². The monoisotopic (exact) mass is 369 g/mol. The van der Waals surface area contributed by atoms with E-state index in [1.807, 2.05) is 42.5 Å². The Morgan fingerprint density at radius 1 is 0.889 bits per heavy atom. The largest absolute Gasteiger partial charge is 0.496 e. The lowest BCUT2D eigenvalue weighted by Crippen LogP contribution is -2.16. The van der Waals surface area contributed by atoms with Crippen molar-refractivity contribution in [3.8, 4) is 28.7 Å². The molecule has 7 nitrogen and oxygen atoms in total. The Morgan fingerprint density at radius 3 is 2.44 bits per heavy atom. The van der Waals surface area contributed by atoms with E-state index in [0.29, 0.717) is 24.1 Å². The number of para-hydroxylation sites is 1. The molecule has 0 saturated carbocycles. The Bertz CT molecular complexity index is 879. The molecule has 1 heterocycles. The highest BCUT2D eigenvalue weighted by Gasteiger charge is 2.12. The van der Waals surface area contributed by atoms with Gasteiger partial charge in [0.15, 0.2) is 11.5 Å². The second-order valence-electron chi connectivity index (χ2n) is 5.82. The molecule has 7 heteroatoms. The Morgan fingerprint density at radius 2 is 1.67 bits per heavy atom. The van der Waals surface area contributed by atoms with Gasteiger partial charge >= 0.3 is 0 Å². The van der Waals surface area contributed by atoms with E-state index in [2.05, 4.69) is 15.5 Å². The van der Waals surface area contributed by atoms with Crippen molar-refractivity contribution in [2.45, 2.75) is 13.0 Å². The van der Waals surface area contributed by atoms with Crippen molar-refractivity contribution < 1.29 is 18.6 Å². The molecule has 0 atom stereocenters. The average Bonchev–Trinajstić information content (AvgIpc) is 3.19. The topological polar surface area (TPSA) is 78.6 Å². The molecular weight excluding hydrogens is 346 g/mol. The number of rotatable bonds is 9. The number of aromatic nitrogens is 2. The first-order valence-corrected chi connectivity index (χ1v) is 8.62. The standard InChI is InChI=1S/C20H23N3O4/c1-24-16-7-5-4-6-15(16)20-23-22-19(27-20)13-21-11-10-14-8-9-17(25-2)18(12-14)26-3/h4-9,12,21H,10-11,13H2,1-3H3. The summed E-state index contributed by atoms with van der Waals surface area (Å²) in [4.78, 5) is 0. The van der Waals surface area contributed by atoms with Crippen molar-refractivity contribution in [2.75, 3.05) is 27.9 Å². The summed E-state index contributed by atoms with van der Waals surface area (Å²) in [5, 5.41) is 11.5. The molecule has 1 aromatic heterocycles. The highest BCUT2D eigenvalue weighted by Crippen LogP contribution is 2.29. The molecule has 1 N–H and O–H groups in total. The molecule has 2 aromatic carbocycles. The van der Waals surface area contributed by atoms with E-state index in [4.69, 9.17) is 18.6 Å². The lowest BCUT2D eigenvalue weighted by molar-refractivity contribution is 0.354. The lowest BCUT2D eigenvalue weighted by atomic mass is 10.1. The minimum atomic E-state index is 0.448. The number of nitrogens with zero attached hydrogens (tertiary/aromatic N) is 2. The Balaban J connectivity index is 1.54. The minimum Gasteiger partial charge on any atom is -0.496 e. The Labute approximate surface area is 158 Å². The van der Waals surface area contributed by atoms with Gasteiger partial charge in [-0.05, 0) is 42.8 Å². The van der Waals surface area contributed by atoms with E-state index < -0.39 is 0 Å². The van der Waals surface area contributed by atoms with E-state index in [-0.39, 0.29) is 0 Å². The van der Waals surface area contributed by atoms with Gasteiger partial charge in [-0.15, -0.1) is 10.2 Å². The summed E-state index contributed by atoms with van der Waals surface area (Å²) >= 11 is 0. The highest BCUT2D eigenvalue weighted by molar-refractivity contribution is 5.62. The highest BCUT2D eigenvalue weighted by atomic mass is 16.5. The van der Waals surface area contributed by atoms with Crippen LogP contribution in [-0.2, 0) is 13.0 Å². The first-order chi connectivity index (χ1) is 13.2. The summed E-state index contributed by atoms with van der Waals surface area (Å²) in [7, 11) is 4.88. The molecule has 0 fully saturated rings. The molecule has 0 saturated heterocycles. The van der Waals surface area contributed by atoms with Gasteiger partial charge in [0, 0.05) is 0 Å². The van der Waals surface area contributed by atoms with Crippen molar-refractivity contribution in [1.82, 2.24) is 15.5 Å². The van der Waals surface area contributed by atoms with Crippen molar-refractivity contribution in [3.05, 3.63) is 53.9 Å². The maximum Gasteiger partial charge on any atom is 0.251 e. The molecule has 0 bridgehead atoms. The fraction of sp³-hybridized carbons (Fsp3) is 0.300. The van der Waals surface area contributed by atoms with Gasteiger partial charge in [-0.25, -0.2) is 0 Å². The van der Waals surface area contributed by atoms with Crippen molar-refractivity contribution in [1.29, 1.82) is 0 Å². The molecule has 0 spiro atoms. The number of benzene rings is 2. The summed E-state index contributed by atoms with van der Waals surface area (Å²) < 4.78 is 21.6. The predicted molar refractivity (Wildman–Crippen MR) is 101 cm³/mol. The first kappa shape index (κ1) is 18.7. The maximum atomic E-state index is 5.73. The van der Waals surface area contributed by atoms with Crippen LogP contribution in [-0.4, -0.2) is 38.1 Å². The second-order valence-corrected chi connectivity index (χ2v) is 5.82. The summed E-state index contributed by atoms with van der Waals surface area (Å²) in [5.74, 6) is 3.14. The summed E-state index contributed by atoms with van der Waals surface area (Å²) in [6.45, 7) is 1.26. The van der Waals surface area contributed by atoms with Gasteiger partial charge in [0.05, 0.1) is 33.4 Å². The van der Waals surface area contributed by atoms with Crippen LogP contribution in [0.4, 0.5) is 0 Å². The van der Waals surface area contributed by atoms with Crippen LogP contribution in [0.5, 0.6) is 17.2 Å². The quantitative estimate of drug-likeness (QED) is 0.581. The van der Waals surface area contributed by atoms with Crippen LogP contribution in [0.2, 0.25) is 0 Å². The first-order valence-electron chi connectivity index (χ1n) is 8.62. The van der Waals surface area contributed by atoms with Crippen LogP contribution in [0.25, 0.3) is 11.5 Å². The number of ether oxygens (including phenoxy) is 3. The van der Waals surface area contributed by atoms with Crippen molar-refractivity contribution in [2.24, 2.45) is 0 Å². The van der Waals surface area contributed by atoms with Gasteiger partial charge in [0.25, 0.3) is 5.89 Å². The van der Waals surface area contributed by atoms with Gasteiger partial charge in [0.2, 0.25) is 5.89 Å². The number of hydrogen-bond donors (Lipinski definition) is 1. The van der Waals surface area contributed by atoms with Crippen LogP contribution in [0.15, 0.2) is 46.9 Å². The third-order valence-corrected chi connectivity index (χ3v) is 4.12. The maximum absolute atomic E-state index is 5.73. The molecule has 0 aliphatic carbocycles. The number of hydrogen-bond acceptors (Lipinski definition) is 7. The molecule has 3 aromatic rings. The van der Waals surface area contributed by atoms with Gasteiger partial charge in [0.1, 0.15) is 5.75 Å². The molecule has 0 unspecified atom stereocenters. The van der Waals surface area contributed by atoms with Crippen LogP contribution in [0, 0.1) is 0 Å². The third-order valence-electron chi connectivity index (χ3n) is 4.12. The molecule has 27 heavy (non-hydrogen) atoms. The van der Waals surface area contributed by atoms with Gasteiger partial charge in [-0.3, -0.25) is 0 Å². The van der Waals surface area contributed by atoms with E-state index in [1.165, 1.54) is 0 Å². The zero-order valence-corrected chi connectivity index (χ0v) is 15.7. The molecule has 0 aliphatic rings. The van der Waals surface area contributed by atoms with E-state index in [9.17, 15) is 0 Å². The SMILES string of the molecule is COc1ccc(CCNCc2nnc(-c3ccccc3OC)o2)cc1OC. The second kappa shape index (κ2) is 9.05. The van der Waals surface area contributed by atoms with Crippen LogP contribution in [0.3, 0.4) is 0 Å². The summed E-state index contributed by atoms with van der Waals surface area (Å²) in [6, 6.07) is 13.5. The molecule has 0 radical (unpaired) electrons. The van der Waals surface area contributed by atoms with Crippen molar-refractivity contribution >= 4 is 0 Å². The minimum absolute atomic E-state index is 0.448. The molecule has 142 valence electrons. The van der Waals surface area contributed by atoms with E-state index in [1.54, 1.807) is 21.3 Å². The predicted octanol–water partition coefficient (Wildman–Crippen LogP) is 3.09. The zero-order valence-electron chi connectivity index (χ0n) is 15.7. The zero-order chi connectivity index (χ0) is 19.1. The average molecular weight is 369 g/mol. The van der Waals surface area contributed by atoms with Gasteiger partial charge in [-0.2, -0.15) is 0 Å². The Hall–Kier alpha value is -3.06. The fourth-order valence-corrected chi connectivity index (χ4v) is 2.72. The fourth-order valence-electron chi connectivity index (χ4n) is 2.72.